The van der Waals surface area contributed by atoms with Crippen molar-refractivity contribution < 1.29 is 30.0 Å². The van der Waals surface area contributed by atoms with Crippen LogP contribution in [0, 0.1) is 13.8 Å². The summed E-state index contributed by atoms with van der Waals surface area (Å²) in [6.07, 6.45) is -0.741. The van der Waals surface area contributed by atoms with E-state index in [1.165, 1.54) is 0 Å². The highest BCUT2D eigenvalue weighted by molar-refractivity contribution is 5.96. The number of aliphatic carboxylic acids is 1. The average molecular weight is 601 g/mol. The van der Waals surface area contributed by atoms with Crippen LogP contribution >= 0.6 is 0 Å². The van der Waals surface area contributed by atoms with Gasteiger partial charge in [-0.1, -0.05) is 0 Å². The lowest BCUT2D eigenvalue weighted by atomic mass is 9.99. The van der Waals surface area contributed by atoms with Crippen LogP contribution in [0.2, 0.25) is 0 Å². The molecule has 5 rings (SSSR count). The number of fused-ring (bicyclic) bond motifs is 8. The maximum atomic E-state index is 11.6. The zero-order valence-corrected chi connectivity index (χ0v) is 26.0. The molecule has 0 saturated carbocycles. The largest absolute Gasteiger partial charge is 0.481 e. The third-order valence-corrected chi connectivity index (χ3v) is 8.65. The predicted molar refractivity (Wildman–Crippen MR) is 171 cm³/mol. The number of aliphatic hydroxyl groups excluding tert-OH is 3. The number of nitrogens with one attached hydrogen (secondary N) is 2. The van der Waals surface area contributed by atoms with Gasteiger partial charge < -0.3 is 35.1 Å². The van der Waals surface area contributed by atoms with Gasteiger partial charge in [-0.05, 0) is 112 Å². The molecule has 0 saturated heterocycles. The molecule has 0 spiro atoms. The number of carboxylic acids is 1. The van der Waals surface area contributed by atoms with Crippen LogP contribution in [0.3, 0.4) is 0 Å². The Morgan fingerprint density at radius 3 is 1.73 bits per heavy atom. The van der Waals surface area contributed by atoms with Crippen molar-refractivity contribution in [2.75, 3.05) is 13.4 Å². The molecule has 2 unspecified atom stereocenters. The summed E-state index contributed by atoms with van der Waals surface area (Å²) in [6, 6.07) is 7.72. The molecule has 2 atom stereocenters. The number of rotatable bonds is 9. The van der Waals surface area contributed by atoms with Crippen molar-refractivity contribution in [1.82, 2.24) is 19.9 Å². The lowest BCUT2D eigenvalue weighted by molar-refractivity contribution is -0.136. The molecule has 8 bridgehead atoms. The molecule has 3 aromatic heterocycles. The minimum absolute atomic E-state index is 0.0457. The minimum Gasteiger partial charge on any atom is -0.481 e. The summed E-state index contributed by atoms with van der Waals surface area (Å²) < 4.78 is 5.26. The molecule has 0 aliphatic carbocycles. The van der Waals surface area contributed by atoms with Crippen molar-refractivity contribution in [2.24, 2.45) is 0 Å². The normalized spacial score (nSPS) is 14.8. The highest BCUT2D eigenvalue weighted by Crippen LogP contribution is 2.38. The first-order valence-electron chi connectivity index (χ1n) is 14.8. The molecular weight excluding hydrogens is 560 g/mol. The molecule has 0 radical (unpaired) electrons. The molecule has 2 aliphatic rings. The number of allylic oxidation sites excluding steroid dienone is 3. The average Bonchev–Trinajstić information content (AvgIpc) is 3.61. The number of aromatic amines is 2. The monoisotopic (exact) mass is 600 g/mol. The number of H-pyrrole nitrogens is 2. The Bertz CT molecular complexity index is 1860. The molecule has 0 fully saturated rings. The van der Waals surface area contributed by atoms with Gasteiger partial charge in [-0.15, -0.1) is 0 Å². The molecule has 232 valence electrons. The number of hydrogen-bond donors (Lipinski definition) is 6. The van der Waals surface area contributed by atoms with Gasteiger partial charge >= 0.3 is 5.97 Å². The predicted octanol–water partition coefficient (Wildman–Crippen LogP) is 6.12. The summed E-state index contributed by atoms with van der Waals surface area (Å²) in [4.78, 5) is 28.5. The second-order valence-electron chi connectivity index (χ2n) is 11.6. The number of aliphatic hydroxyl groups is 3. The van der Waals surface area contributed by atoms with Gasteiger partial charge in [-0.25, -0.2) is 9.97 Å². The molecular formula is C34H40N4O6. The van der Waals surface area contributed by atoms with Crippen LogP contribution in [0.15, 0.2) is 24.3 Å². The number of carboxylic acid groups (broad SMARTS) is 1. The topological polar surface area (TPSA) is 165 Å². The van der Waals surface area contributed by atoms with E-state index in [9.17, 15) is 25.2 Å². The Hall–Kier alpha value is -4.09. The number of ether oxygens (including phenoxy) is 1. The van der Waals surface area contributed by atoms with Crippen molar-refractivity contribution in [2.45, 2.75) is 73.0 Å². The van der Waals surface area contributed by atoms with Gasteiger partial charge in [0.2, 0.25) is 0 Å². The Kier molecular flexibility index (Phi) is 8.90. The van der Waals surface area contributed by atoms with E-state index < -0.39 is 18.2 Å². The molecule has 10 nitrogen and oxygen atoms in total. The van der Waals surface area contributed by atoms with Gasteiger partial charge in [0.25, 0.3) is 0 Å². The highest BCUT2D eigenvalue weighted by Gasteiger charge is 2.23. The second kappa shape index (κ2) is 12.5. The SMILES string of the molecule is CC1=C(CCOCO)c2cc3nc(cc4[nH]c(cc5[nH]c(cc1n2)c(C)c5C(C)O)c(C)c4C(C)O)C(C)=C3CCC(=O)O. The fourth-order valence-corrected chi connectivity index (χ4v) is 6.32. The van der Waals surface area contributed by atoms with Crippen LogP contribution in [0.25, 0.3) is 44.4 Å². The van der Waals surface area contributed by atoms with Crippen molar-refractivity contribution in [3.8, 4) is 0 Å². The van der Waals surface area contributed by atoms with Gasteiger partial charge in [0, 0.05) is 39.6 Å². The maximum Gasteiger partial charge on any atom is 0.303 e. The first-order valence-corrected chi connectivity index (χ1v) is 14.8. The molecule has 0 amide bonds. The van der Waals surface area contributed by atoms with Crippen LogP contribution in [-0.2, 0) is 9.53 Å². The van der Waals surface area contributed by atoms with E-state index in [1.54, 1.807) is 13.8 Å². The van der Waals surface area contributed by atoms with E-state index >= 15 is 0 Å². The van der Waals surface area contributed by atoms with E-state index in [2.05, 4.69) is 9.97 Å². The van der Waals surface area contributed by atoms with Crippen LogP contribution in [0.5, 0.6) is 0 Å². The van der Waals surface area contributed by atoms with Gasteiger partial charge in [0.05, 0.1) is 41.6 Å². The fourth-order valence-electron chi connectivity index (χ4n) is 6.32. The molecule has 44 heavy (non-hydrogen) atoms. The molecule has 2 aliphatic heterocycles. The first-order chi connectivity index (χ1) is 20.9. The Morgan fingerprint density at radius 1 is 0.750 bits per heavy atom. The number of aromatic nitrogens is 4. The van der Waals surface area contributed by atoms with Crippen molar-refractivity contribution in [3.63, 3.8) is 0 Å². The fraction of sp³-hybridized carbons (Fsp3) is 0.382. The molecule has 5 heterocycles. The highest BCUT2D eigenvalue weighted by atomic mass is 16.6. The van der Waals surface area contributed by atoms with Crippen LogP contribution < -0.4 is 0 Å². The summed E-state index contributed by atoms with van der Waals surface area (Å²) in [5.74, 6) is -0.893. The van der Waals surface area contributed by atoms with Crippen molar-refractivity contribution >= 4 is 50.3 Å². The molecule has 10 heteroatoms. The quantitative estimate of drug-likeness (QED) is 0.126. The first kappa shape index (κ1) is 31.3. The standard InChI is InChI=1S/C34H40N4O6/c1-16-22(7-8-32(42)43)28-14-29-23(9-10-44-15-39)17(2)24(35-29)11-26-18(3)33(20(5)40)31(37-26)13-27-19(4)34(21(6)41)30(38-27)12-25(16)36-28/h11-14,20-21,37-41H,7-10,15H2,1-6H3,(H,42,43). The van der Waals surface area contributed by atoms with Crippen LogP contribution in [-0.4, -0.2) is 59.7 Å². The second-order valence-corrected chi connectivity index (χ2v) is 11.6. The number of aryl methyl sites for hydroxylation is 2. The summed E-state index contributed by atoms with van der Waals surface area (Å²) in [7, 11) is 0. The Balaban J connectivity index is 1.93. The number of carbonyl (C=O) groups is 1. The minimum atomic E-state index is -0.893. The van der Waals surface area contributed by atoms with Gasteiger partial charge in [-0.2, -0.15) is 0 Å². The lowest BCUT2D eigenvalue weighted by Crippen LogP contribution is -1.98. The van der Waals surface area contributed by atoms with E-state index in [4.69, 9.17) is 14.7 Å². The summed E-state index contributed by atoms with van der Waals surface area (Å²) in [5, 5.41) is 40.3. The zero-order valence-electron chi connectivity index (χ0n) is 26.0. The molecule has 3 aromatic rings. The smallest absolute Gasteiger partial charge is 0.303 e. The third kappa shape index (κ3) is 5.86. The Labute approximate surface area is 255 Å². The van der Waals surface area contributed by atoms with Crippen molar-refractivity contribution in [1.29, 1.82) is 0 Å². The van der Waals surface area contributed by atoms with Crippen LogP contribution in [0.4, 0.5) is 0 Å². The van der Waals surface area contributed by atoms with E-state index in [0.717, 1.165) is 66.8 Å². The van der Waals surface area contributed by atoms with E-state index in [1.807, 2.05) is 52.0 Å². The summed E-state index contributed by atoms with van der Waals surface area (Å²) in [5.41, 5.74) is 12.6. The van der Waals surface area contributed by atoms with Crippen molar-refractivity contribution in [3.05, 3.63) is 69.3 Å². The molecule has 6 N–H and O–H groups in total. The summed E-state index contributed by atoms with van der Waals surface area (Å²) >= 11 is 0. The number of hydrogen-bond acceptors (Lipinski definition) is 7. The van der Waals surface area contributed by atoms with E-state index in [-0.39, 0.29) is 13.2 Å². The van der Waals surface area contributed by atoms with E-state index in [0.29, 0.717) is 42.0 Å². The maximum absolute atomic E-state index is 11.6. The zero-order chi connectivity index (χ0) is 31.9. The molecule has 0 aromatic carbocycles. The van der Waals surface area contributed by atoms with Crippen LogP contribution in [0.1, 0.15) is 104 Å². The van der Waals surface area contributed by atoms with Gasteiger partial charge in [0.1, 0.15) is 6.79 Å². The van der Waals surface area contributed by atoms with Gasteiger partial charge in [-0.3, -0.25) is 4.79 Å². The van der Waals surface area contributed by atoms with Gasteiger partial charge in [0.15, 0.2) is 0 Å². The third-order valence-electron chi connectivity index (χ3n) is 8.65. The number of nitrogens with zero attached hydrogens (tertiary/aromatic N) is 2. The summed E-state index contributed by atoms with van der Waals surface area (Å²) in [6.45, 7) is 11.2. The lowest BCUT2D eigenvalue weighted by Gasteiger charge is -2.06. The Morgan fingerprint density at radius 2 is 1.23 bits per heavy atom.